The fourth-order valence-corrected chi connectivity index (χ4v) is 4.87. The molecule has 0 amide bonds. The van der Waals surface area contributed by atoms with E-state index in [1.807, 2.05) is 66.7 Å². The molecular formula is C27H23NO4. The summed E-state index contributed by atoms with van der Waals surface area (Å²) in [7, 11) is 1.34. The van der Waals surface area contributed by atoms with E-state index in [0.717, 1.165) is 11.1 Å². The van der Waals surface area contributed by atoms with Crippen LogP contribution in [0.5, 0.6) is 11.5 Å². The van der Waals surface area contributed by atoms with E-state index >= 15 is 0 Å². The van der Waals surface area contributed by atoms with Crippen LogP contribution in [0, 0.1) is 0 Å². The van der Waals surface area contributed by atoms with Crippen LogP contribution < -0.4 is 5.32 Å². The number of phenolic OH excluding ortho intramolecular Hbond substituents is 2. The standard InChI is InChI=1S/C27H23NO4/c1-32-26(31)27(16-17-10-4-2-5-11-17)22-21(23(28-27)18-12-6-3-7-13-18)24(29)19-14-8-9-15-20(19)25(22)30/h2-15,23,28-30H,16H2,1H3/t23-,27-/m1/s1. The number of rotatable bonds is 4. The highest BCUT2D eigenvalue weighted by atomic mass is 16.5. The summed E-state index contributed by atoms with van der Waals surface area (Å²) in [6.45, 7) is 0. The molecule has 1 heterocycles. The summed E-state index contributed by atoms with van der Waals surface area (Å²) in [5, 5.41) is 27.3. The minimum absolute atomic E-state index is 0.0272. The molecule has 5 rings (SSSR count). The second-order valence-corrected chi connectivity index (χ2v) is 8.08. The third-order valence-corrected chi connectivity index (χ3v) is 6.28. The van der Waals surface area contributed by atoms with Crippen LogP contribution in [0.4, 0.5) is 0 Å². The Bertz CT molecular complexity index is 1300. The summed E-state index contributed by atoms with van der Waals surface area (Å²) in [6, 6.07) is 25.8. The predicted octanol–water partition coefficient (Wildman–Crippen LogP) is 4.55. The monoisotopic (exact) mass is 425 g/mol. The van der Waals surface area contributed by atoms with Gasteiger partial charge in [0.15, 0.2) is 5.54 Å². The maximum absolute atomic E-state index is 13.4. The second-order valence-electron chi connectivity index (χ2n) is 8.08. The van der Waals surface area contributed by atoms with Crippen LogP contribution in [0.2, 0.25) is 0 Å². The highest BCUT2D eigenvalue weighted by molar-refractivity contribution is 6.00. The number of fused-ring (bicyclic) bond motifs is 2. The maximum atomic E-state index is 13.4. The molecule has 1 aliphatic heterocycles. The van der Waals surface area contributed by atoms with Gasteiger partial charge in [0.1, 0.15) is 11.5 Å². The quantitative estimate of drug-likeness (QED) is 0.330. The van der Waals surface area contributed by atoms with Crippen molar-refractivity contribution in [1.82, 2.24) is 5.32 Å². The fourth-order valence-electron chi connectivity index (χ4n) is 4.87. The topological polar surface area (TPSA) is 78.8 Å². The van der Waals surface area contributed by atoms with Crippen molar-refractivity contribution in [3.63, 3.8) is 0 Å². The summed E-state index contributed by atoms with van der Waals surface area (Å²) < 4.78 is 5.26. The van der Waals surface area contributed by atoms with E-state index in [-0.39, 0.29) is 17.9 Å². The second kappa shape index (κ2) is 7.70. The van der Waals surface area contributed by atoms with E-state index in [2.05, 4.69) is 5.32 Å². The highest BCUT2D eigenvalue weighted by Gasteiger charge is 2.54. The van der Waals surface area contributed by atoms with Gasteiger partial charge in [0.05, 0.1) is 13.2 Å². The van der Waals surface area contributed by atoms with Crippen molar-refractivity contribution in [2.75, 3.05) is 7.11 Å². The number of esters is 1. The average molecular weight is 425 g/mol. The minimum Gasteiger partial charge on any atom is -0.507 e. The molecule has 5 nitrogen and oxygen atoms in total. The average Bonchev–Trinajstić information content (AvgIpc) is 3.19. The van der Waals surface area contributed by atoms with Crippen LogP contribution >= 0.6 is 0 Å². The Morgan fingerprint density at radius 1 is 0.875 bits per heavy atom. The Balaban J connectivity index is 1.85. The Morgan fingerprint density at radius 2 is 1.44 bits per heavy atom. The van der Waals surface area contributed by atoms with Crippen LogP contribution in [-0.2, 0) is 21.5 Å². The normalized spacial score (nSPS) is 19.6. The van der Waals surface area contributed by atoms with E-state index in [1.54, 1.807) is 18.2 Å². The van der Waals surface area contributed by atoms with Crippen LogP contribution in [0.3, 0.4) is 0 Å². The number of hydrogen-bond donors (Lipinski definition) is 3. The third-order valence-electron chi connectivity index (χ3n) is 6.28. The molecule has 0 saturated carbocycles. The van der Waals surface area contributed by atoms with Gasteiger partial charge in [-0.3, -0.25) is 5.32 Å². The van der Waals surface area contributed by atoms with Crippen molar-refractivity contribution in [2.24, 2.45) is 0 Å². The first-order valence-electron chi connectivity index (χ1n) is 10.5. The zero-order valence-corrected chi connectivity index (χ0v) is 17.6. The molecule has 32 heavy (non-hydrogen) atoms. The van der Waals surface area contributed by atoms with Gasteiger partial charge in [0.2, 0.25) is 0 Å². The van der Waals surface area contributed by atoms with Gasteiger partial charge in [-0.2, -0.15) is 0 Å². The molecule has 0 spiro atoms. The summed E-state index contributed by atoms with van der Waals surface area (Å²) in [5.74, 6) is -0.500. The molecule has 0 fully saturated rings. The SMILES string of the molecule is COC(=O)[C@]1(Cc2ccccc2)N[C@H](c2ccccc2)c2c1c(O)c1ccccc1c2O. The number of nitrogens with one attached hydrogen (secondary N) is 1. The molecule has 160 valence electrons. The van der Waals surface area contributed by atoms with Crippen molar-refractivity contribution in [3.05, 3.63) is 107 Å². The molecule has 1 aliphatic rings. The first-order chi connectivity index (χ1) is 15.6. The van der Waals surface area contributed by atoms with Gasteiger partial charge in [0.25, 0.3) is 0 Å². The van der Waals surface area contributed by atoms with Gasteiger partial charge in [-0.05, 0) is 11.1 Å². The number of hydrogen-bond acceptors (Lipinski definition) is 5. The van der Waals surface area contributed by atoms with E-state index in [4.69, 9.17) is 4.74 Å². The van der Waals surface area contributed by atoms with Crippen molar-refractivity contribution in [2.45, 2.75) is 18.0 Å². The molecular weight excluding hydrogens is 402 g/mol. The van der Waals surface area contributed by atoms with E-state index in [9.17, 15) is 15.0 Å². The van der Waals surface area contributed by atoms with Crippen LogP contribution in [0.25, 0.3) is 10.8 Å². The van der Waals surface area contributed by atoms with Crippen LogP contribution in [-0.4, -0.2) is 23.3 Å². The molecule has 2 atom stereocenters. The van der Waals surface area contributed by atoms with Crippen molar-refractivity contribution >= 4 is 16.7 Å². The van der Waals surface area contributed by atoms with Gasteiger partial charge in [0, 0.05) is 28.3 Å². The number of aromatic hydroxyl groups is 2. The van der Waals surface area contributed by atoms with Gasteiger partial charge in [-0.1, -0.05) is 84.9 Å². The maximum Gasteiger partial charge on any atom is 0.331 e. The molecule has 4 aromatic carbocycles. The summed E-state index contributed by atoms with van der Waals surface area (Å²) in [6.07, 6.45) is 0.252. The molecule has 0 radical (unpaired) electrons. The van der Waals surface area contributed by atoms with E-state index in [0.29, 0.717) is 21.9 Å². The number of phenols is 2. The highest BCUT2D eigenvalue weighted by Crippen LogP contribution is 2.54. The minimum atomic E-state index is -1.38. The van der Waals surface area contributed by atoms with Crippen molar-refractivity contribution in [1.29, 1.82) is 0 Å². The molecule has 3 N–H and O–H groups in total. The van der Waals surface area contributed by atoms with Crippen molar-refractivity contribution < 1.29 is 19.7 Å². The van der Waals surface area contributed by atoms with E-state index < -0.39 is 17.6 Å². The van der Waals surface area contributed by atoms with Gasteiger partial charge in [-0.15, -0.1) is 0 Å². The molecule has 0 unspecified atom stereocenters. The first kappa shape index (κ1) is 20.1. The molecule has 0 aliphatic carbocycles. The zero-order valence-electron chi connectivity index (χ0n) is 17.6. The summed E-state index contributed by atoms with van der Waals surface area (Å²) in [4.78, 5) is 13.4. The molecule has 0 saturated heterocycles. The number of ether oxygens (including phenoxy) is 1. The predicted molar refractivity (Wildman–Crippen MR) is 123 cm³/mol. The van der Waals surface area contributed by atoms with Crippen LogP contribution in [0.15, 0.2) is 84.9 Å². The Morgan fingerprint density at radius 3 is 2.06 bits per heavy atom. The van der Waals surface area contributed by atoms with Gasteiger partial charge in [-0.25, -0.2) is 4.79 Å². The van der Waals surface area contributed by atoms with Crippen LogP contribution in [0.1, 0.15) is 28.3 Å². The summed E-state index contributed by atoms with van der Waals surface area (Å²) in [5.41, 5.74) is 1.25. The number of methoxy groups -OCH3 is 1. The molecule has 4 aromatic rings. The first-order valence-corrected chi connectivity index (χ1v) is 10.5. The Kier molecular flexibility index (Phi) is 4.83. The molecule has 0 aromatic heterocycles. The Labute approximate surface area is 185 Å². The lowest BCUT2D eigenvalue weighted by Crippen LogP contribution is -2.48. The zero-order chi connectivity index (χ0) is 22.3. The smallest absolute Gasteiger partial charge is 0.331 e. The van der Waals surface area contributed by atoms with Gasteiger partial charge < -0.3 is 14.9 Å². The lowest BCUT2D eigenvalue weighted by molar-refractivity contribution is -0.149. The van der Waals surface area contributed by atoms with Gasteiger partial charge >= 0.3 is 5.97 Å². The third kappa shape index (κ3) is 2.93. The van der Waals surface area contributed by atoms with Crippen molar-refractivity contribution in [3.8, 4) is 11.5 Å². The number of carbonyl (C=O) groups is 1. The number of benzene rings is 4. The molecule has 0 bridgehead atoms. The number of carbonyl (C=O) groups excluding carboxylic acids is 1. The Hall–Kier alpha value is -3.83. The lowest BCUT2D eigenvalue weighted by Gasteiger charge is -2.30. The summed E-state index contributed by atoms with van der Waals surface area (Å²) >= 11 is 0. The lowest BCUT2D eigenvalue weighted by atomic mass is 9.81. The molecule has 5 heteroatoms. The largest absolute Gasteiger partial charge is 0.507 e. The van der Waals surface area contributed by atoms with E-state index in [1.165, 1.54) is 7.11 Å². The fraction of sp³-hybridized carbons (Fsp3) is 0.148.